The van der Waals surface area contributed by atoms with Crippen molar-refractivity contribution in [3.8, 4) is 5.75 Å². The zero-order valence-corrected chi connectivity index (χ0v) is 16.3. The van der Waals surface area contributed by atoms with Crippen LogP contribution in [-0.2, 0) is 0 Å². The molecule has 0 saturated carbocycles. The highest BCUT2D eigenvalue weighted by atomic mass is 16.5. The van der Waals surface area contributed by atoms with Crippen molar-refractivity contribution in [3.05, 3.63) is 54.1 Å². The van der Waals surface area contributed by atoms with Crippen molar-refractivity contribution >= 4 is 22.9 Å². The van der Waals surface area contributed by atoms with Gasteiger partial charge < -0.3 is 10.5 Å². The van der Waals surface area contributed by atoms with Gasteiger partial charge in [-0.05, 0) is 36.2 Å². The number of guanidine groups is 1. The number of rotatable bonds is 8. The summed E-state index contributed by atoms with van der Waals surface area (Å²) < 4.78 is 7.96. The normalized spacial score (nSPS) is 15.8. The predicted molar refractivity (Wildman–Crippen MR) is 114 cm³/mol. The third-order valence-electron chi connectivity index (χ3n) is 5.04. The molecule has 1 unspecified atom stereocenters. The SMILES string of the molecule is CCCCCCCOc1ccc(C2N=C(N)Nc3nc4ccccc4n32)cc1. The molecule has 2 heterocycles. The molecular formula is C22H27N5O. The maximum absolute atomic E-state index is 6.01. The number of nitrogens with zero attached hydrogens (tertiary/aromatic N) is 3. The van der Waals surface area contributed by atoms with Gasteiger partial charge in [-0.1, -0.05) is 56.9 Å². The standard InChI is InChI=1S/C22H27N5O/c1-2-3-4-5-8-15-28-17-13-11-16(12-14-17)20-25-21(23)26-22-24-18-9-6-7-10-19(18)27(20)22/h6-7,9-14,20H,2-5,8,15H2,1H3,(H3,23,24,25,26). The molecule has 6 nitrogen and oxygen atoms in total. The lowest BCUT2D eigenvalue weighted by Crippen LogP contribution is -2.31. The molecule has 4 rings (SSSR count). The number of fused-ring (bicyclic) bond motifs is 3. The topological polar surface area (TPSA) is 77.5 Å². The first kappa shape index (κ1) is 18.3. The molecule has 0 amide bonds. The van der Waals surface area contributed by atoms with Crippen LogP contribution in [0, 0.1) is 0 Å². The number of ether oxygens (including phenoxy) is 1. The summed E-state index contributed by atoms with van der Waals surface area (Å²) >= 11 is 0. The van der Waals surface area contributed by atoms with E-state index < -0.39 is 0 Å². The summed E-state index contributed by atoms with van der Waals surface area (Å²) in [5, 5.41) is 3.06. The second kappa shape index (κ2) is 8.33. The van der Waals surface area contributed by atoms with Crippen molar-refractivity contribution in [1.82, 2.24) is 9.55 Å². The van der Waals surface area contributed by atoms with Gasteiger partial charge in [0, 0.05) is 0 Å². The number of unbranched alkanes of at least 4 members (excludes halogenated alkanes) is 4. The van der Waals surface area contributed by atoms with E-state index in [2.05, 4.69) is 38.9 Å². The summed E-state index contributed by atoms with van der Waals surface area (Å²) in [4.78, 5) is 9.25. The molecule has 2 aromatic carbocycles. The molecule has 0 spiro atoms. The van der Waals surface area contributed by atoms with Crippen molar-refractivity contribution in [3.63, 3.8) is 0 Å². The van der Waals surface area contributed by atoms with Crippen molar-refractivity contribution in [1.29, 1.82) is 0 Å². The summed E-state index contributed by atoms with van der Waals surface area (Å²) in [6, 6.07) is 16.2. The summed E-state index contributed by atoms with van der Waals surface area (Å²) in [6.45, 7) is 2.99. The molecule has 3 N–H and O–H groups in total. The van der Waals surface area contributed by atoms with E-state index in [9.17, 15) is 0 Å². The second-order valence-corrected chi connectivity index (χ2v) is 7.14. The van der Waals surface area contributed by atoms with Crippen LogP contribution in [0.3, 0.4) is 0 Å². The number of nitrogens with one attached hydrogen (secondary N) is 1. The number of anilines is 1. The maximum Gasteiger partial charge on any atom is 0.212 e. The van der Waals surface area contributed by atoms with Crippen LogP contribution in [0.25, 0.3) is 11.0 Å². The summed E-state index contributed by atoms with van der Waals surface area (Å²) in [7, 11) is 0. The molecule has 0 fully saturated rings. The lowest BCUT2D eigenvalue weighted by molar-refractivity contribution is 0.304. The molecule has 6 heteroatoms. The smallest absolute Gasteiger partial charge is 0.212 e. The van der Waals surface area contributed by atoms with E-state index in [-0.39, 0.29) is 6.17 Å². The van der Waals surface area contributed by atoms with Gasteiger partial charge >= 0.3 is 0 Å². The van der Waals surface area contributed by atoms with Crippen LogP contribution >= 0.6 is 0 Å². The summed E-state index contributed by atoms with van der Waals surface area (Å²) in [6.07, 6.45) is 5.94. The Bertz CT molecular complexity index is 961. The third-order valence-corrected chi connectivity index (χ3v) is 5.04. The fourth-order valence-electron chi connectivity index (χ4n) is 3.57. The highest BCUT2D eigenvalue weighted by molar-refractivity contribution is 5.94. The average molecular weight is 377 g/mol. The highest BCUT2D eigenvalue weighted by Crippen LogP contribution is 2.32. The first-order valence-corrected chi connectivity index (χ1v) is 10.1. The molecular weight excluding hydrogens is 350 g/mol. The Morgan fingerprint density at radius 1 is 1.04 bits per heavy atom. The van der Waals surface area contributed by atoms with Crippen LogP contribution in [0.1, 0.15) is 50.8 Å². The Balaban J connectivity index is 1.49. The van der Waals surface area contributed by atoms with E-state index in [4.69, 9.17) is 10.5 Å². The zero-order valence-electron chi connectivity index (χ0n) is 16.3. The molecule has 1 atom stereocenters. The molecule has 0 aliphatic carbocycles. The Morgan fingerprint density at radius 2 is 1.82 bits per heavy atom. The predicted octanol–water partition coefficient (Wildman–Crippen LogP) is 4.67. The average Bonchev–Trinajstić information content (AvgIpc) is 3.08. The fourth-order valence-corrected chi connectivity index (χ4v) is 3.57. The van der Waals surface area contributed by atoms with Gasteiger partial charge in [-0.25, -0.2) is 9.98 Å². The van der Waals surface area contributed by atoms with Gasteiger partial charge in [-0.3, -0.25) is 9.88 Å². The zero-order chi connectivity index (χ0) is 19.3. The van der Waals surface area contributed by atoms with Gasteiger partial charge in [0.25, 0.3) is 0 Å². The minimum atomic E-state index is -0.244. The number of hydrogen-bond acceptors (Lipinski definition) is 5. The number of aliphatic imine (C=N–C) groups is 1. The number of para-hydroxylation sites is 2. The highest BCUT2D eigenvalue weighted by Gasteiger charge is 2.24. The van der Waals surface area contributed by atoms with E-state index >= 15 is 0 Å². The number of aromatic nitrogens is 2. The van der Waals surface area contributed by atoms with Gasteiger partial charge in [-0.2, -0.15) is 0 Å². The van der Waals surface area contributed by atoms with Crippen molar-refractivity contribution in [2.24, 2.45) is 10.7 Å². The van der Waals surface area contributed by atoms with E-state index in [0.29, 0.717) is 11.9 Å². The van der Waals surface area contributed by atoms with Crippen LogP contribution in [0.5, 0.6) is 5.75 Å². The van der Waals surface area contributed by atoms with Gasteiger partial charge in [-0.15, -0.1) is 0 Å². The van der Waals surface area contributed by atoms with Crippen LogP contribution in [0.2, 0.25) is 0 Å². The van der Waals surface area contributed by atoms with Crippen LogP contribution in [0.15, 0.2) is 53.5 Å². The molecule has 28 heavy (non-hydrogen) atoms. The molecule has 0 radical (unpaired) electrons. The maximum atomic E-state index is 6.01. The summed E-state index contributed by atoms with van der Waals surface area (Å²) in [5.41, 5.74) is 9.00. The minimum Gasteiger partial charge on any atom is -0.494 e. The number of hydrogen-bond donors (Lipinski definition) is 2. The van der Waals surface area contributed by atoms with Crippen molar-refractivity contribution < 1.29 is 4.74 Å². The molecule has 1 aliphatic rings. The Kier molecular flexibility index (Phi) is 5.46. The van der Waals surface area contributed by atoms with E-state index in [1.165, 1.54) is 25.7 Å². The Morgan fingerprint density at radius 3 is 2.64 bits per heavy atom. The first-order chi connectivity index (χ1) is 13.8. The minimum absolute atomic E-state index is 0.244. The molecule has 1 aliphatic heterocycles. The number of imidazole rings is 1. The Labute approximate surface area is 165 Å². The van der Waals surface area contributed by atoms with E-state index in [1.54, 1.807) is 0 Å². The van der Waals surface area contributed by atoms with Gasteiger partial charge in [0.05, 0.1) is 17.6 Å². The van der Waals surface area contributed by atoms with E-state index in [1.807, 2.05) is 36.4 Å². The quantitative estimate of drug-likeness (QED) is 0.559. The van der Waals surface area contributed by atoms with E-state index in [0.717, 1.165) is 35.4 Å². The molecule has 3 aromatic rings. The van der Waals surface area contributed by atoms with Crippen LogP contribution < -0.4 is 15.8 Å². The fraction of sp³-hybridized carbons (Fsp3) is 0.364. The van der Waals surface area contributed by atoms with Gasteiger partial charge in [0.1, 0.15) is 5.75 Å². The van der Waals surface area contributed by atoms with Crippen LogP contribution in [-0.4, -0.2) is 22.1 Å². The van der Waals surface area contributed by atoms with Crippen LogP contribution in [0.4, 0.5) is 5.95 Å². The third kappa shape index (κ3) is 3.81. The Hall–Kier alpha value is -3.02. The molecule has 0 bridgehead atoms. The second-order valence-electron chi connectivity index (χ2n) is 7.14. The van der Waals surface area contributed by atoms with Gasteiger partial charge in [0.2, 0.25) is 5.95 Å². The first-order valence-electron chi connectivity index (χ1n) is 10.1. The monoisotopic (exact) mass is 377 g/mol. The molecule has 0 saturated heterocycles. The molecule has 146 valence electrons. The largest absolute Gasteiger partial charge is 0.494 e. The van der Waals surface area contributed by atoms with Crippen molar-refractivity contribution in [2.45, 2.75) is 45.2 Å². The number of benzene rings is 2. The number of nitrogens with two attached hydrogens (primary N) is 1. The van der Waals surface area contributed by atoms with Gasteiger partial charge in [0.15, 0.2) is 12.1 Å². The summed E-state index contributed by atoms with van der Waals surface area (Å²) in [5.74, 6) is 1.98. The lowest BCUT2D eigenvalue weighted by atomic mass is 10.1. The molecule has 1 aromatic heterocycles. The lowest BCUT2D eigenvalue weighted by Gasteiger charge is -2.24. The van der Waals surface area contributed by atoms with Crippen molar-refractivity contribution in [2.75, 3.05) is 11.9 Å².